The summed E-state index contributed by atoms with van der Waals surface area (Å²) in [6.07, 6.45) is -3.84. The third kappa shape index (κ3) is 3.29. The standard InChI is InChI=1S/C9H4Cl2F3N/c10-3-1-2-6-4-8(11)15-5-7(6)9(12,13)14/h4-5H,3H2. The first-order chi connectivity index (χ1) is 6.95. The van der Waals surface area contributed by atoms with Crippen LogP contribution in [0.1, 0.15) is 11.1 Å². The Balaban J connectivity index is 3.27. The molecule has 0 saturated carbocycles. The summed E-state index contributed by atoms with van der Waals surface area (Å²) in [6.45, 7) is 0. The van der Waals surface area contributed by atoms with Crippen molar-refractivity contribution < 1.29 is 13.2 Å². The highest BCUT2D eigenvalue weighted by atomic mass is 35.5. The van der Waals surface area contributed by atoms with Crippen LogP contribution in [-0.4, -0.2) is 10.9 Å². The fourth-order valence-corrected chi connectivity index (χ4v) is 1.11. The first kappa shape index (κ1) is 12.2. The van der Waals surface area contributed by atoms with Gasteiger partial charge in [0.05, 0.1) is 11.4 Å². The highest BCUT2D eigenvalue weighted by Crippen LogP contribution is 2.31. The molecule has 0 unspecified atom stereocenters. The molecule has 15 heavy (non-hydrogen) atoms. The molecule has 1 rings (SSSR count). The van der Waals surface area contributed by atoms with E-state index in [9.17, 15) is 13.2 Å². The van der Waals surface area contributed by atoms with Gasteiger partial charge in [0.2, 0.25) is 0 Å². The van der Waals surface area contributed by atoms with Gasteiger partial charge in [-0.25, -0.2) is 4.98 Å². The van der Waals surface area contributed by atoms with Gasteiger partial charge in [-0.2, -0.15) is 13.2 Å². The van der Waals surface area contributed by atoms with Gasteiger partial charge in [0, 0.05) is 11.8 Å². The molecule has 1 nitrogen and oxygen atoms in total. The molecule has 0 atom stereocenters. The zero-order valence-corrected chi connectivity index (χ0v) is 8.71. The highest BCUT2D eigenvalue weighted by molar-refractivity contribution is 6.29. The molecular weight excluding hydrogens is 250 g/mol. The van der Waals surface area contributed by atoms with Crippen LogP contribution in [0.2, 0.25) is 5.15 Å². The Kier molecular flexibility index (Phi) is 3.83. The highest BCUT2D eigenvalue weighted by Gasteiger charge is 2.33. The Morgan fingerprint density at radius 2 is 2.07 bits per heavy atom. The van der Waals surface area contributed by atoms with Crippen LogP contribution in [0, 0.1) is 11.8 Å². The van der Waals surface area contributed by atoms with Crippen molar-refractivity contribution in [2.45, 2.75) is 6.18 Å². The van der Waals surface area contributed by atoms with Gasteiger partial charge >= 0.3 is 6.18 Å². The zero-order valence-electron chi connectivity index (χ0n) is 7.20. The SMILES string of the molecule is FC(F)(F)c1cnc(Cl)cc1C#CCCl. The lowest BCUT2D eigenvalue weighted by atomic mass is 10.1. The third-order valence-electron chi connectivity index (χ3n) is 1.47. The normalized spacial score (nSPS) is 10.7. The van der Waals surface area contributed by atoms with Crippen LogP contribution < -0.4 is 0 Å². The maximum Gasteiger partial charge on any atom is 0.419 e. The molecule has 0 spiro atoms. The minimum absolute atomic E-state index is 0.0399. The molecule has 0 N–H and O–H groups in total. The minimum Gasteiger partial charge on any atom is -0.244 e. The van der Waals surface area contributed by atoms with E-state index >= 15 is 0 Å². The zero-order chi connectivity index (χ0) is 11.5. The Bertz CT molecular complexity index is 418. The molecule has 6 heteroatoms. The van der Waals surface area contributed by atoms with E-state index in [0.29, 0.717) is 6.20 Å². The number of nitrogens with zero attached hydrogens (tertiary/aromatic N) is 1. The van der Waals surface area contributed by atoms with E-state index in [-0.39, 0.29) is 16.6 Å². The predicted octanol–water partition coefficient (Wildman–Crippen LogP) is 3.34. The summed E-state index contributed by atoms with van der Waals surface area (Å²) in [6, 6.07) is 1.06. The fraction of sp³-hybridized carbons (Fsp3) is 0.222. The van der Waals surface area contributed by atoms with Crippen molar-refractivity contribution in [3.05, 3.63) is 28.5 Å². The van der Waals surface area contributed by atoms with Gasteiger partial charge in [-0.15, -0.1) is 11.6 Å². The van der Waals surface area contributed by atoms with E-state index in [4.69, 9.17) is 23.2 Å². The topological polar surface area (TPSA) is 12.9 Å². The van der Waals surface area contributed by atoms with E-state index in [2.05, 4.69) is 16.8 Å². The van der Waals surface area contributed by atoms with Gasteiger partial charge in [0.1, 0.15) is 5.15 Å². The largest absolute Gasteiger partial charge is 0.419 e. The number of hydrogen-bond donors (Lipinski definition) is 0. The monoisotopic (exact) mass is 253 g/mol. The third-order valence-corrected chi connectivity index (χ3v) is 1.81. The fourth-order valence-electron chi connectivity index (χ4n) is 0.888. The van der Waals surface area contributed by atoms with Crippen molar-refractivity contribution in [2.75, 3.05) is 5.88 Å². The van der Waals surface area contributed by atoms with Crippen molar-refractivity contribution in [3.63, 3.8) is 0 Å². The van der Waals surface area contributed by atoms with Gasteiger partial charge in [-0.3, -0.25) is 0 Å². The van der Waals surface area contributed by atoms with Gasteiger partial charge in [0.15, 0.2) is 0 Å². The lowest BCUT2D eigenvalue weighted by molar-refractivity contribution is -0.138. The molecule has 0 aromatic carbocycles. The summed E-state index contributed by atoms with van der Waals surface area (Å²) in [5.41, 5.74) is -1.13. The average molecular weight is 254 g/mol. The minimum atomic E-state index is -4.49. The number of alkyl halides is 4. The Hall–Kier alpha value is -0.920. The number of rotatable bonds is 0. The molecule has 0 aliphatic carbocycles. The van der Waals surface area contributed by atoms with Crippen LogP contribution in [0.25, 0.3) is 0 Å². The maximum atomic E-state index is 12.4. The Morgan fingerprint density at radius 3 is 2.60 bits per heavy atom. The molecule has 0 fully saturated rings. The summed E-state index contributed by atoms with van der Waals surface area (Å²) in [7, 11) is 0. The average Bonchev–Trinajstić information content (AvgIpc) is 2.12. The summed E-state index contributed by atoms with van der Waals surface area (Å²) >= 11 is 10.7. The van der Waals surface area contributed by atoms with E-state index in [0.717, 1.165) is 6.07 Å². The number of aromatic nitrogens is 1. The summed E-state index contributed by atoms with van der Waals surface area (Å²) < 4.78 is 37.3. The maximum absolute atomic E-state index is 12.4. The van der Waals surface area contributed by atoms with Crippen molar-refractivity contribution in [3.8, 4) is 11.8 Å². The second-order valence-corrected chi connectivity index (χ2v) is 3.14. The van der Waals surface area contributed by atoms with Crippen LogP contribution in [-0.2, 0) is 6.18 Å². The van der Waals surface area contributed by atoms with E-state index in [1.807, 2.05) is 0 Å². The Morgan fingerprint density at radius 1 is 1.40 bits per heavy atom. The molecule has 0 bridgehead atoms. The molecule has 1 aromatic rings. The second-order valence-electron chi connectivity index (χ2n) is 2.49. The molecule has 80 valence electrons. The number of pyridine rings is 1. The molecule has 0 radical (unpaired) electrons. The summed E-state index contributed by atoms with van der Waals surface area (Å²) in [5.74, 6) is 4.57. The molecule has 0 aliphatic heterocycles. The van der Waals surface area contributed by atoms with Crippen LogP contribution in [0.5, 0.6) is 0 Å². The second kappa shape index (κ2) is 4.73. The smallest absolute Gasteiger partial charge is 0.244 e. The van der Waals surface area contributed by atoms with Crippen LogP contribution in [0.3, 0.4) is 0 Å². The first-order valence-corrected chi connectivity index (χ1v) is 4.64. The van der Waals surface area contributed by atoms with Gasteiger partial charge < -0.3 is 0 Å². The van der Waals surface area contributed by atoms with E-state index < -0.39 is 11.7 Å². The summed E-state index contributed by atoms with van der Waals surface area (Å²) in [5, 5.41) is -0.0399. The van der Waals surface area contributed by atoms with Crippen molar-refractivity contribution in [1.82, 2.24) is 4.98 Å². The lowest BCUT2D eigenvalue weighted by Gasteiger charge is -2.08. The van der Waals surface area contributed by atoms with Crippen LogP contribution >= 0.6 is 23.2 Å². The van der Waals surface area contributed by atoms with Crippen LogP contribution in [0.15, 0.2) is 12.3 Å². The summed E-state index contributed by atoms with van der Waals surface area (Å²) in [4.78, 5) is 3.36. The molecular formula is C9H4Cl2F3N. The van der Waals surface area contributed by atoms with Crippen molar-refractivity contribution in [1.29, 1.82) is 0 Å². The number of hydrogen-bond acceptors (Lipinski definition) is 1. The van der Waals surface area contributed by atoms with Gasteiger partial charge in [0.25, 0.3) is 0 Å². The van der Waals surface area contributed by atoms with Crippen LogP contribution in [0.4, 0.5) is 13.2 Å². The van der Waals surface area contributed by atoms with E-state index in [1.54, 1.807) is 0 Å². The predicted molar refractivity (Wildman–Crippen MR) is 51.8 cm³/mol. The quantitative estimate of drug-likeness (QED) is 0.393. The van der Waals surface area contributed by atoms with Crippen molar-refractivity contribution in [2.24, 2.45) is 0 Å². The lowest BCUT2D eigenvalue weighted by Crippen LogP contribution is -2.08. The molecule has 0 aliphatic rings. The van der Waals surface area contributed by atoms with Gasteiger partial charge in [-0.05, 0) is 6.07 Å². The molecule has 1 aromatic heterocycles. The molecule has 0 saturated heterocycles. The van der Waals surface area contributed by atoms with E-state index in [1.165, 1.54) is 0 Å². The Labute approximate surface area is 94.2 Å². The number of halogens is 5. The first-order valence-electron chi connectivity index (χ1n) is 3.72. The molecule has 0 amide bonds. The molecule has 1 heterocycles. The van der Waals surface area contributed by atoms with Crippen molar-refractivity contribution >= 4 is 23.2 Å². The van der Waals surface area contributed by atoms with Gasteiger partial charge in [-0.1, -0.05) is 23.4 Å².